The molecule has 4 rings (SSSR count). The summed E-state index contributed by atoms with van der Waals surface area (Å²) >= 11 is 0. The van der Waals surface area contributed by atoms with Crippen molar-refractivity contribution in [2.75, 3.05) is 21.3 Å². The predicted molar refractivity (Wildman–Crippen MR) is 118 cm³/mol. The topological polar surface area (TPSA) is 83.7 Å². The third-order valence-electron chi connectivity index (χ3n) is 4.83. The van der Waals surface area contributed by atoms with Gasteiger partial charge in [0.05, 0.1) is 33.0 Å². The van der Waals surface area contributed by atoms with E-state index in [0.717, 1.165) is 34.1 Å². The normalized spacial score (nSPS) is 10.0. The Balaban J connectivity index is 0.000000227. The van der Waals surface area contributed by atoms with Crippen molar-refractivity contribution in [3.05, 3.63) is 66.7 Å². The first kappa shape index (κ1) is 26.2. The van der Waals surface area contributed by atoms with Gasteiger partial charge in [0, 0.05) is 83.8 Å². The van der Waals surface area contributed by atoms with E-state index in [4.69, 9.17) is 14.2 Å². The molecule has 0 fully saturated rings. The van der Waals surface area contributed by atoms with Crippen LogP contribution >= 0.6 is 0 Å². The summed E-state index contributed by atoms with van der Waals surface area (Å²) in [4.78, 5) is 8.49. The number of ether oxygens (including phenoxy) is 3. The Morgan fingerprint density at radius 2 is 1.73 bits per heavy atom. The van der Waals surface area contributed by atoms with Crippen LogP contribution in [0.25, 0.3) is 22.8 Å². The van der Waals surface area contributed by atoms with Gasteiger partial charge in [-0.05, 0) is 0 Å². The van der Waals surface area contributed by atoms with Crippen LogP contribution in [0, 0.1) is 12.1 Å². The summed E-state index contributed by atoms with van der Waals surface area (Å²) in [6.07, 6.45) is 7.20. The van der Waals surface area contributed by atoms with E-state index in [-0.39, 0.29) is 27.7 Å². The Bertz CT molecular complexity index is 1080. The van der Waals surface area contributed by atoms with Crippen molar-refractivity contribution in [3.8, 4) is 40.0 Å². The SMILES string of the molecule is COc1c[c-]c(-c2[n-]cc[n+]2C)c(OC)c1.COc1c[c-]c(-c2nccn2C)c(CO)c1.[Pt]. The van der Waals surface area contributed by atoms with Crippen LogP contribution in [0.3, 0.4) is 0 Å². The maximum atomic E-state index is 9.32. The molecule has 0 aliphatic carbocycles. The van der Waals surface area contributed by atoms with Gasteiger partial charge in [0.15, 0.2) is 0 Å². The van der Waals surface area contributed by atoms with E-state index in [1.807, 2.05) is 41.7 Å². The van der Waals surface area contributed by atoms with Crippen LogP contribution in [0.4, 0.5) is 0 Å². The maximum absolute atomic E-state index is 9.32. The molecule has 0 aliphatic rings. The molecular weight excluding hydrogens is 603 g/mol. The summed E-state index contributed by atoms with van der Waals surface area (Å²) in [5.41, 5.74) is 2.39. The van der Waals surface area contributed by atoms with Gasteiger partial charge in [-0.25, -0.2) is 0 Å². The molecule has 9 heteroatoms. The van der Waals surface area contributed by atoms with Gasteiger partial charge in [0.25, 0.3) is 0 Å². The minimum Gasteiger partial charge on any atom is -0.540 e. The van der Waals surface area contributed by atoms with Crippen molar-refractivity contribution in [2.45, 2.75) is 6.61 Å². The molecule has 4 aromatic rings. The van der Waals surface area contributed by atoms with Crippen LogP contribution in [0.5, 0.6) is 17.2 Å². The van der Waals surface area contributed by atoms with Gasteiger partial charge in [-0.2, -0.15) is 0 Å². The van der Waals surface area contributed by atoms with Gasteiger partial charge in [-0.15, -0.1) is 29.8 Å². The molecule has 0 amide bonds. The number of hydrogen-bond donors (Lipinski definition) is 1. The van der Waals surface area contributed by atoms with Crippen molar-refractivity contribution >= 4 is 0 Å². The number of hydrogen-bond acceptors (Lipinski definition) is 5. The second-order valence-corrected chi connectivity index (χ2v) is 6.80. The van der Waals surface area contributed by atoms with Crippen LogP contribution in [0.1, 0.15) is 5.56 Å². The number of imidazole rings is 2. The number of nitrogens with zero attached hydrogens (tertiary/aromatic N) is 4. The maximum Gasteiger partial charge on any atom is 0.0647 e. The first-order chi connectivity index (χ1) is 15.5. The fourth-order valence-electron chi connectivity index (χ4n) is 3.10. The summed E-state index contributed by atoms with van der Waals surface area (Å²) in [6.45, 7) is -0.0596. The molecule has 0 radical (unpaired) electrons. The summed E-state index contributed by atoms with van der Waals surface area (Å²) in [6, 6.07) is 13.3. The molecule has 0 atom stereocenters. The average molecular weight is 630 g/mol. The molecule has 178 valence electrons. The van der Waals surface area contributed by atoms with Crippen molar-refractivity contribution in [2.24, 2.45) is 14.1 Å². The Morgan fingerprint density at radius 1 is 1.06 bits per heavy atom. The van der Waals surface area contributed by atoms with E-state index < -0.39 is 0 Å². The minimum atomic E-state index is -0.0596. The molecule has 0 unspecified atom stereocenters. The average Bonchev–Trinajstić information content (AvgIpc) is 3.46. The Hall–Kier alpha value is -3.09. The number of aryl methyl sites for hydroxylation is 2. The van der Waals surface area contributed by atoms with E-state index in [9.17, 15) is 5.11 Å². The van der Waals surface area contributed by atoms with Gasteiger partial charge >= 0.3 is 0 Å². The van der Waals surface area contributed by atoms with Crippen LogP contribution in [-0.4, -0.2) is 36.0 Å². The molecule has 0 aliphatic heterocycles. The minimum absolute atomic E-state index is 0. The summed E-state index contributed by atoms with van der Waals surface area (Å²) in [5.74, 6) is 3.71. The van der Waals surface area contributed by atoms with Crippen LogP contribution in [-0.2, 0) is 41.8 Å². The summed E-state index contributed by atoms with van der Waals surface area (Å²) in [7, 11) is 8.66. The van der Waals surface area contributed by atoms with Crippen LogP contribution < -0.4 is 23.8 Å². The number of aromatic nitrogens is 4. The molecule has 0 saturated carbocycles. The molecule has 1 N–H and O–H groups in total. The summed E-state index contributed by atoms with van der Waals surface area (Å²) in [5, 5.41) is 9.32. The Kier molecular flexibility index (Phi) is 9.70. The number of rotatable bonds is 6. The first-order valence-corrected chi connectivity index (χ1v) is 9.80. The number of aliphatic hydroxyl groups excluding tert-OH is 1. The van der Waals surface area contributed by atoms with Gasteiger partial charge in [0.2, 0.25) is 0 Å². The number of benzene rings is 2. The van der Waals surface area contributed by atoms with Crippen LogP contribution in [0.2, 0.25) is 0 Å². The molecule has 0 saturated heterocycles. The summed E-state index contributed by atoms with van der Waals surface area (Å²) < 4.78 is 19.3. The van der Waals surface area contributed by atoms with Gasteiger partial charge in [-0.1, -0.05) is 23.3 Å². The van der Waals surface area contributed by atoms with E-state index in [0.29, 0.717) is 11.5 Å². The largest absolute Gasteiger partial charge is 0.540 e. The molecule has 0 spiro atoms. The quantitative estimate of drug-likeness (QED) is 0.261. The fourth-order valence-corrected chi connectivity index (χ4v) is 3.10. The van der Waals surface area contributed by atoms with E-state index in [1.165, 1.54) is 0 Å². The van der Waals surface area contributed by atoms with E-state index >= 15 is 0 Å². The van der Waals surface area contributed by atoms with Gasteiger partial charge < -0.3 is 28.5 Å². The number of aliphatic hydroxyl groups is 1. The zero-order valence-corrected chi connectivity index (χ0v) is 21.4. The molecule has 0 bridgehead atoms. The van der Waals surface area contributed by atoms with Crippen molar-refractivity contribution in [1.29, 1.82) is 0 Å². The third kappa shape index (κ3) is 6.03. The van der Waals surface area contributed by atoms with Crippen molar-refractivity contribution in [3.63, 3.8) is 0 Å². The first-order valence-electron chi connectivity index (χ1n) is 9.80. The standard InChI is InChI=1S/2C12H13N2O2.Pt/c1-14-7-6-13-12(14)10-5-4-9(15-2)8-11(10)16-3;1-14-6-5-13-12(14)11-4-3-10(16-2)7-9(11)8-15;/h4,6-8H,1-3H3;3,5-7,15H,8H2,1-2H3;/q2*-1;. The Morgan fingerprint density at radius 3 is 2.24 bits per heavy atom. The molecular formula is C24H26N4O4Pt-2. The molecule has 33 heavy (non-hydrogen) atoms. The number of methoxy groups -OCH3 is 3. The molecule has 2 heterocycles. The smallest absolute Gasteiger partial charge is 0.0647 e. The van der Waals surface area contributed by atoms with Gasteiger partial charge in [0.1, 0.15) is 0 Å². The van der Waals surface area contributed by atoms with Gasteiger partial charge in [-0.3, -0.25) is 9.97 Å². The molecule has 2 aromatic carbocycles. The Labute approximate surface area is 208 Å². The van der Waals surface area contributed by atoms with Crippen LogP contribution in [0.15, 0.2) is 49.1 Å². The molecule has 2 aromatic heterocycles. The monoisotopic (exact) mass is 629 g/mol. The zero-order chi connectivity index (χ0) is 23.1. The van der Waals surface area contributed by atoms with Crippen molar-refractivity contribution in [1.82, 2.24) is 14.5 Å². The van der Waals surface area contributed by atoms with E-state index in [2.05, 4.69) is 22.1 Å². The molecule has 8 nitrogen and oxygen atoms in total. The fraction of sp³-hybridized carbons (Fsp3) is 0.250. The third-order valence-corrected chi connectivity index (χ3v) is 4.83. The van der Waals surface area contributed by atoms with E-state index in [1.54, 1.807) is 51.9 Å². The van der Waals surface area contributed by atoms with Crippen molar-refractivity contribution < 1.29 is 44.9 Å². The predicted octanol–water partition coefficient (Wildman–Crippen LogP) is 2.34. The zero-order valence-electron chi connectivity index (χ0n) is 19.1. The second-order valence-electron chi connectivity index (χ2n) is 6.80. The second kappa shape index (κ2) is 12.2.